The van der Waals surface area contributed by atoms with Crippen LogP contribution in [0.1, 0.15) is 60.9 Å². The van der Waals surface area contributed by atoms with Gasteiger partial charge in [-0.05, 0) is 45.2 Å². The van der Waals surface area contributed by atoms with Crippen LogP contribution in [0.5, 0.6) is 0 Å². The van der Waals surface area contributed by atoms with Gasteiger partial charge in [-0.1, -0.05) is 5.16 Å². The van der Waals surface area contributed by atoms with Crippen LogP contribution in [0.3, 0.4) is 0 Å². The summed E-state index contributed by atoms with van der Waals surface area (Å²) in [6, 6.07) is 2.40. The summed E-state index contributed by atoms with van der Waals surface area (Å²) in [6.07, 6.45) is 5.95. The second-order valence-corrected chi connectivity index (χ2v) is 6.47. The fourth-order valence-electron chi connectivity index (χ4n) is 3.22. The molecule has 24 heavy (non-hydrogen) atoms. The predicted molar refractivity (Wildman–Crippen MR) is 85.1 cm³/mol. The molecule has 2 aliphatic rings. The molecule has 0 spiro atoms. The second kappa shape index (κ2) is 6.35. The Morgan fingerprint density at radius 2 is 2.29 bits per heavy atom. The first-order chi connectivity index (χ1) is 11.7. The topological polar surface area (TPSA) is 89.1 Å². The smallest absolute Gasteiger partial charge is 0.292 e. The number of amides is 1. The molecule has 3 heterocycles. The summed E-state index contributed by atoms with van der Waals surface area (Å²) in [6.45, 7) is 4.71. The standard InChI is InChI=1S/C16H22N6O2/c1-2-22-12(7-8-17-22)10-21-9-3-4-13(21)16-19-14(20-24-16)15(23)18-11-5-6-11/h7-8,11,13H,2-6,9-10H2,1H3,(H,18,23). The molecule has 8 heteroatoms. The van der Waals surface area contributed by atoms with E-state index in [2.05, 4.69) is 32.4 Å². The average Bonchev–Trinajstić information content (AvgIpc) is 3.01. The molecule has 4 rings (SSSR count). The molecule has 0 radical (unpaired) electrons. The summed E-state index contributed by atoms with van der Waals surface area (Å²) >= 11 is 0. The van der Waals surface area contributed by atoms with E-state index in [4.69, 9.17) is 4.52 Å². The van der Waals surface area contributed by atoms with Crippen molar-refractivity contribution in [3.05, 3.63) is 29.7 Å². The first-order valence-corrected chi connectivity index (χ1v) is 8.64. The minimum absolute atomic E-state index is 0.0696. The highest BCUT2D eigenvalue weighted by molar-refractivity contribution is 5.90. The monoisotopic (exact) mass is 330 g/mol. The molecule has 1 saturated heterocycles. The molecule has 8 nitrogen and oxygen atoms in total. The quantitative estimate of drug-likeness (QED) is 0.864. The van der Waals surface area contributed by atoms with Gasteiger partial charge in [-0.3, -0.25) is 14.4 Å². The summed E-state index contributed by atoms with van der Waals surface area (Å²) in [5.41, 5.74) is 1.18. The van der Waals surface area contributed by atoms with Gasteiger partial charge in [0.05, 0.1) is 11.7 Å². The maximum Gasteiger partial charge on any atom is 0.292 e. The van der Waals surface area contributed by atoms with Crippen molar-refractivity contribution in [3.63, 3.8) is 0 Å². The highest BCUT2D eigenvalue weighted by atomic mass is 16.5. The van der Waals surface area contributed by atoms with E-state index in [1.54, 1.807) is 0 Å². The van der Waals surface area contributed by atoms with Crippen molar-refractivity contribution in [1.29, 1.82) is 0 Å². The van der Waals surface area contributed by atoms with Crippen LogP contribution in [0, 0.1) is 0 Å². The van der Waals surface area contributed by atoms with Gasteiger partial charge in [0, 0.05) is 25.3 Å². The van der Waals surface area contributed by atoms with E-state index < -0.39 is 0 Å². The van der Waals surface area contributed by atoms with Gasteiger partial charge >= 0.3 is 0 Å². The van der Waals surface area contributed by atoms with Crippen LogP contribution in [-0.4, -0.2) is 43.3 Å². The molecule has 128 valence electrons. The zero-order chi connectivity index (χ0) is 16.5. The lowest BCUT2D eigenvalue weighted by molar-refractivity contribution is 0.0937. The number of aromatic nitrogens is 4. The third kappa shape index (κ3) is 3.06. The second-order valence-electron chi connectivity index (χ2n) is 6.47. The fourth-order valence-corrected chi connectivity index (χ4v) is 3.22. The Bertz CT molecular complexity index is 720. The van der Waals surface area contributed by atoms with Crippen molar-refractivity contribution in [2.75, 3.05) is 6.54 Å². The van der Waals surface area contributed by atoms with E-state index in [9.17, 15) is 4.79 Å². The first-order valence-electron chi connectivity index (χ1n) is 8.64. The van der Waals surface area contributed by atoms with Gasteiger partial charge in [0.2, 0.25) is 5.89 Å². The summed E-state index contributed by atoms with van der Waals surface area (Å²) in [7, 11) is 0. The molecule has 0 bridgehead atoms. The largest absolute Gasteiger partial charge is 0.346 e. The summed E-state index contributed by atoms with van der Waals surface area (Å²) < 4.78 is 7.39. The number of likely N-dealkylation sites (tertiary alicyclic amines) is 1. The molecule has 0 aromatic carbocycles. The fraction of sp³-hybridized carbons (Fsp3) is 0.625. The number of nitrogens with zero attached hydrogens (tertiary/aromatic N) is 5. The first kappa shape index (κ1) is 15.3. The molecule has 2 aromatic heterocycles. The van der Waals surface area contributed by atoms with E-state index in [1.807, 2.05) is 16.9 Å². The molecule has 2 fully saturated rings. The molecule has 1 N–H and O–H groups in total. The SMILES string of the molecule is CCn1nccc1CN1CCCC1c1nc(C(=O)NC2CC2)no1. The van der Waals surface area contributed by atoms with Crippen molar-refractivity contribution in [2.24, 2.45) is 0 Å². The van der Waals surface area contributed by atoms with Crippen molar-refractivity contribution in [3.8, 4) is 0 Å². The van der Waals surface area contributed by atoms with Crippen LogP contribution in [0.4, 0.5) is 0 Å². The molecule has 2 aromatic rings. The molecule has 1 saturated carbocycles. The Morgan fingerprint density at radius 1 is 1.42 bits per heavy atom. The van der Waals surface area contributed by atoms with Crippen LogP contribution >= 0.6 is 0 Å². The van der Waals surface area contributed by atoms with Crippen LogP contribution in [-0.2, 0) is 13.1 Å². The number of rotatable bonds is 6. The van der Waals surface area contributed by atoms with E-state index in [0.717, 1.165) is 45.3 Å². The summed E-state index contributed by atoms with van der Waals surface area (Å²) in [5, 5.41) is 11.1. The Morgan fingerprint density at radius 3 is 3.08 bits per heavy atom. The Balaban J connectivity index is 1.46. The molecule has 1 unspecified atom stereocenters. The van der Waals surface area contributed by atoms with Gasteiger partial charge < -0.3 is 9.84 Å². The lowest BCUT2D eigenvalue weighted by Gasteiger charge is -2.21. The normalized spacial score (nSPS) is 21.3. The number of hydrogen-bond donors (Lipinski definition) is 1. The molecule has 1 atom stereocenters. The zero-order valence-corrected chi connectivity index (χ0v) is 13.8. The molecular formula is C16H22N6O2. The van der Waals surface area contributed by atoms with Gasteiger partial charge in [0.15, 0.2) is 0 Å². The van der Waals surface area contributed by atoms with Gasteiger partial charge in [0.25, 0.3) is 11.7 Å². The Hall–Kier alpha value is -2.22. The van der Waals surface area contributed by atoms with Gasteiger partial charge in [-0.15, -0.1) is 0 Å². The number of carbonyl (C=O) groups excluding carboxylic acids is 1. The number of nitrogens with one attached hydrogen (secondary N) is 1. The highest BCUT2D eigenvalue weighted by Crippen LogP contribution is 2.32. The lowest BCUT2D eigenvalue weighted by atomic mass is 10.2. The van der Waals surface area contributed by atoms with Crippen LogP contribution in [0.25, 0.3) is 0 Å². The zero-order valence-electron chi connectivity index (χ0n) is 13.8. The van der Waals surface area contributed by atoms with Gasteiger partial charge in [-0.25, -0.2) is 0 Å². The van der Waals surface area contributed by atoms with E-state index in [1.165, 1.54) is 5.69 Å². The molecule has 1 aliphatic heterocycles. The average molecular weight is 330 g/mol. The summed E-state index contributed by atoms with van der Waals surface area (Å²) in [5.74, 6) is 0.444. The van der Waals surface area contributed by atoms with E-state index in [-0.39, 0.29) is 23.8 Å². The minimum atomic E-state index is -0.235. The molecule has 1 amide bonds. The van der Waals surface area contributed by atoms with Crippen molar-refractivity contribution >= 4 is 5.91 Å². The third-order valence-electron chi connectivity index (χ3n) is 4.68. The molecular weight excluding hydrogens is 308 g/mol. The predicted octanol–water partition coefficient (Wildman–Crippen LogP) is 1.52. The van der Waals surface area contributed by atoms with Crippen LogP contribution in [0.2, 0.25) is 0 Å². The van der Waals surface area contributed by atoms with E-state index in [0.29, 0.717) is 5.89 Å². The summed E-state index contributed by atoms with van der Waals surface area (Å²) in [4.78, 5) is 18.7. The van der Waals surface area contributed by atoms with Crippen molar-refractivity contribution < 1.29 is 9.32 Å². The van der Waals surface area contributed by atoms with Gasteiger partial charge in [-0.2, -0.15) is 10.1 Å². The number of carbonyl (C=O) groups is 1. The number of hydrogen-bond acceptors (Lipinski definition) is 6. The third-order valence-corrected chi connectivity index (χ3v) is 4.68. The molecule has 1 aliphatic carbocycles. The van der Waals surface area contributed by atoms with Crippen LogP contribution < -0.4 is 5.32 Å². The lowest BCUT2D eigenvalue weighted by Crippen LogP contribution is -2.27. The van der Waals surface area contributed by atoms with E-state index >= 15 is 0 Å². The maximum atomic E-state index is 12.0. The maximum absolute atomic E-state index is 12.0. The van der Waals surface area contributed by atoms with Crippen molar-refractivity contribution in [2.45, 2.75) is 57.8 Å². The van der Waals surface area contributed by atoms with Crippen molar-refractivity contribution in [1.82, 2.24) is 30.1 Å². The Labute approximate surface area is 140 Å². The van der Waals surface area contributed by atoms with Gasteiger partial charge in [0.1, 0.15) is 0 Å². The number of aryl methyl sites for hydroxylation is 1. The highest BCUT2D eigenvalue weighted by Gasteiger charge is 2.33. The Kier molecular flexibility index (Phi) is 4.05. The van der Waals surface area contributed by atoms with Crippen LogP contribution in [0.15, 0.2) is 16.8 Å². The minimum Gasteiger partial charge on any atom is -0.346 e.